The van der Waals surface area contributed by atoms with E-state index in [1.807, 2.05) is 6.07 Å². The minimum absolute atomic E-state index is 0.0225. The molecular weight excluding hydrogens is 322 g/mol. The second kappa shape index (κ2) is 7.49. The van der Waals surface area contributed by atoms with Crippen molar-refractivity contribution >= 4 is 11.6 Å². The minimum atomic E-state index is -0.363. The zero-order chi connectivity index (χ0) is 17.9. The van der Waals surface area contributed by atoms with Crippen molar-refractivity contribution in [3.63, 3.8) is 0 Å². The largest absolute Gasteiger partial charge is 0.370 e. The summed E-state index contributed by atoms with van der Waals surface area (Å²) in [6.45, 7) is 4.34. The monoisotopic (exact) mass is 347 g/mol. The number of carbonyl (C=O) groups is 1. The second-order valence-corrected chi connectivity index (χ2v) is 7.05. The molecule has 1 amide bonds. The van der Waals surface area contributed by atoms with Crippen LogP contribution in [0.5, 0.6) is 0 Å². The lowest BCUT2D eigenvalue weighted by Crippen LogP contribution is -2.63. The normalized spacial score (nSPS) is 27.2. The number of hydrogen-bond acceptors (Lipinski definition) is 5. The molecule has 1 spiro atoms. The molecule has 2 atom stereocenters. The van der Waals surface area contributed by atoms with Gasteiger partial charge in [0.15, 0.2) is 0 Å². The fourth-order valence-corrected chi connectivity index (χ4v) is 4.06. The number of nitro benzene ring substituents is 1. The molecule has 1 aliphatic heterocycles. The van der Waals surface area contributed by atoms with Crippen LogP contribution in [0.15, 0.2) is 24.3 Å². The van der Waals surface area contributed by atoms with Crippen molar-refractivity contribution in [1.29, 1.82) is 0 Å². The Kier molecular flexibility index (Phi) is 5.34. The van der Waals surface area contributed by atoms with Gasteiger partial charge in [0, 0.05) is 38.7 Å². The van der Waals surface area contributed by atoms with Gasteiger partial charge in [-0.2, -0.15) is 0 Å². The molecule has 1 aromatic carbocycles. The van der Waals surface area contributed by atoms with Gasteiger partial charge in [0.2, 0.25) is 5.91 Å². The van der Waals surface area contributed by atoms with Gasteiger partial charge in [0.1, 0.15) is 5.60 Å². The molecule has 0 bridgehead atoms. The third kappa shape index (κ3) is 4.16. The lowest BCUT2D eigenvalue weighted by Gasteiger charge is -2.49. The van der Waals surface area contributed by atoms with E-state index < -0.39 is 0 Å². The van der Waals surface area contributed by atoms with Crippen LogP contribution in [0.2, 0.25) is 0 Å². The minimum Gasteiger partial charge on any atom is -0.370 e. The molecule has 3 rings (SSSR count). The van der Waals surface area contributed by atoms with Crippen molar-refractivity contribution in [1.82, 2.24) is 10.2 Å². The molecule has 1 saturated heterocycles. The highest BCUT2D eigenvalue weighted by Gasteiger charge is 2.45. The van der Waals surface area contributed by atoms with Gasteiger partial charge >= 0.3 is 0 Å². The summed E-state index contributed by atoms with van der Waals surface area (Å²) in [5, 5.41) is 14.0. The van der Waals surface area contributed by atoms with E-state index in [1.54, 1.807) is 19.1 Å². The molecule has 136 valence electrons. The number of nitro groups is 1. The molecule has 0 aromatic heterocycles. The highest BCUT2D eigenvalue weighted by molar-refractivity contribution is 5.73. The molecule has 1 aliphatic carbocycles. The average Bonchev–Trinajstić information content (AvgIpc) is 2.57. The molecule has 2 aliphatic rings. The van der Waals surface area contributed by atoms with E-state index in [0.29, 0.717) is 13.2 Å². The van der Waals surface area contributed by atoms with E-state index in [0.717, 1.165) is 44.3 Å². The van der Waals surface area contributed by atoms with E-state index in [4.69, 9.17) is 4.74 Å². The number of morpholine rings is 1. The fourth-order valence-electron chi connectivity index (χ4n) is 4.06. The van der Waals surface area contributed by atoms with E-state index in [-0.39, 0.29) is 28.2 Å². The predicted molar refractivity (Wildman–Crippen MR) is 93.1 cm³/mol. The van der Waals surface area contributed by atoms with Crippen LogP contribution < -0.4 is 5.32 Å². The second-order valence-electron chi connectivity index (χ2n) is 7.05. The third-order valence-electron chi connectivity index (χ3n) is 5.17. The van der Waals surface area contributed by atoms with Crippen LogP contribution in [-0.2, 0) is 16.1 Å². The van der Waals surface area contributed by atoms with Gasteiger partial charge in [-0.25, -0.2) is 0 Å². The van der Waals surface area contributed by atoms with Gasteiger partial charge in [0.05, 0.1) is 17.6 Å². The number of amides is 1. The molecule has 0 unspecified atom stereocenters. The van der Waals surface area contributed by atoms with E-state index in [9.17, 15) is 14.9 Å². The maximum Gasteiger partial charge on any atom is 0.269 e. The standard InChI is InChI=1S/C18H25N3O4/c1-14(22)19-17-7-2-3-8-18(17)13-20(9-10-25-18)12-15-5-4-6-16(11-15)21(23)24/h4-6,11,17H,2-3,7-10,12-13H2,1H3,(H,19,22)/t17-,18-/m1/s1. The highest BCUT2D eigenvalue weighted by Crippen LogP contribution is 2.35. The van der Waals surface area contributed by atoms with Gasteiger partial charge in [0.25, 0.3) is 5.69 Å². The summed E-state index contributed by atoms with van der Waals surface area (Å²) < 4.78 is 6.19. The number of benzene rings is 1. The molecule has 1 N–H and O–H groups in total. The van der Waals surface area contributed by atoms with Gasteiger partial charge in [-0.15, -0.1) is 0 Å². The smallest absolute Gasteiger partial charge is 0.269 e. The molecule has 25 heavy (non-hydrogen) atoms. The molecule has 1 aromatic rings. The first-order valence-corrected chi connectivity index (χ1v) is 8.85. The van der Waals surface area contributed by atoms with Crippen molar-refractivity contribution in [3.05, 3.63) is 39.9 Å². The zero-order valence-electron chi connectivity index (χ0n) is 14.6. The number of rotatable bonds is 4. The summed E-state index contributed by atoms with van der Waals surface area (Å²) in [4.78, 5) is 24.5. The summed E-state index contributed by atoms with van der Waals surface area (Å²) >= 11 is 0. The summed E-state index contributed by atoms with van der Waals surface area (Å²) in [7, 11) is 0. The van der Waals surface area contributed by atoms with E-state index in [1.165, 1.54) is 6.07 Å². The van der Waals surface area contributed by atoms with Crippen molar-refractivity contribution in [2.75, 3.05) is 19.7 Å². The van der Waals surface area contributed by atoms with Crippen LogP contribution in [0, 0.1) is 10.1 Å². The van der Waals surface area contributed by atoms with Crippen LogP contribution in [0.3, 0.4) is 0 Å². The first kappa shape index (κ1) is 17.8. The number of hydrogen-bond donors (Lipinski definition) is 1. The van der Waals surface area contributed by atoms with Crippen molar-refractivity contribution < 1.29 is 14.5 Å². The van der Waals surface area contributed by atoms with E-state index in [2.05, 4.69) is 10.2 Å². The lowest BCUT2D eigenvalue weighted by molar-refractivity contribution is -0.384. The quantitative estimate of drug-likeness (QED) is 0.667. The Morgan fingerprint density at radius 1 is 1.48 bits per heavy atom. The number of non-ortho nitro benzene ring substituents is 1. The number of ether oxygens (including phenoxy) is 1. The lowest BCUT2D eigenvalue weighted by atomic mass is 9.78. The molecule has 7 nitrogen and oxygen atoms in total. The average molecular weight is 347 g/mol. The van der Waals surface area contributed by atoms with Crippen LogP contribution in [0.25, 0.3) is 0 Å². The first-order chi connectivity index (χ1) is 12.0. The third-order valence-corrected chi connectivity index (χ3v) is 5.17. The Morgan fingerprint density at radius 2 is 2.32 bits per heavy atom. The number of nitrogens with zero attached hydrogens (tertiary/aromatic N) is 2. The van der Waals surface area contributed by atoms with E-state index >= 15 is 0 Å². The van der Waals surface area contributed by atoms with Gasteiger partial charge in [-0.05, 0) is 18.4 Å². The molecule has 0 radical (unpaired) electrons. The molecular formula is C18H25N3O4. The maximum absolute atomic E-state index is 11.6. The van der Waals surface area contributed by atoms with Crippen molar-refractivity contribution in [3.8, 4) is 0 Å². The van der Waals surface area contributed by atoms with Crippen LogP contribution in [-0.4, -0.2) is 47.1 Å². The van der Waals surface area contributed by atoms with Crippen molar-refractivity contribution in [2.24, 2.45) is 0 Å². The van der Waals surface area contributed by atoms with Crippen molar-refractivity contribution in [2.45, 2.75) is 50.8 Å². The Hall–Kier alpha value is -1.99. The first-order valence-electron chi connectivity index (χ1n) is 8.85. The summed E-state index contributed by atoms with van der Waals surface area (Å²) in [6.07, 6.45) is 4.06. The van der Waals surface area contributed by atoms with Gasteiger partial charge < -0.3 is 10.1 Å². The molecule has 1 saturated carbocycles. The molecule has 1 heterocycles. The Morgan fingerprint density at radius 3 is 3.08 bits per heavy atom. The Balaban J connectivity index is 1.72. The van der Waals surface area contributed by atoms with Crippen LogP contribution >= 0.6 is 0 Å². The molecule has 2 fully saturated rings. The zero-order valence-corrected chi connectivity index (χ0v) is 14.6. The molecule has 7 heteroatoms. The Labute approximate surface area is 147 Å². The van der Waals surface area contributed by atoms with Gasteiger partial charge in [-0.3, -0.25) is 19.8 Å². The maximum atomic E-state index is 11.6. The topological polar surface area (TPSA) is 84.7 Å². The number of nitrogens with one attached hydrogen (secondary N) is 1. The fraction of sp³-hybridized carbons (Fsp3) is 0.611. The van der Waals surface area contributed by atoms with Crippen LogP contribution in [0.1, 0.15) is 38.2 Å². The van der Waals surface area contributed by atoms with Gasteiger partial charge in [-0.1, -0.05) is 25.0 Å². The predicted octanol–water partition coefficient (Wildman–Crippen LogP) is 2.24. The number of carbonyl (C=O) groups excluding carboxylic acids is 1. The highest BCUT2D eigenvalue weighted by atomic mass is 16.6. The SMILES string of the molecule is CC(=O)N[C@@H]1CCCC[C@@]12CN(Cc1cccc([N+](=O)[O-])c1)CCO2. The summed E-state index contributed by atoms with van der Waals surface area (Å²) in [6, 6.07) is 6.82. The van der Waals surface area contributed by atoms with Crippen LogP contribution in [0.4, 0.5) is 5.69 Å². The summed E-state index contributed by atoms with van der Waals surface area (Å²) in [5.74, 6) is -0.0225. The Bertz CT molecular complexity index is 647. The summed E-state index contributed by atoms with van der Waals surface area (Å²) in [5.41, 5.74) is 0.704.